The fourth-order valence-electron chi connectivity index (χ4n) is 3.59. The van der Waals surface area contributed by atoms with Crippen LogP contribution in [0.2, 0.25) is 0 Å². The third-order valence-electron chi connectivity index (χ3n) is 4.61. The SMILES string of the molecule is NC1=[NH+][C@H]2[C@H](COC(=O)NS(=O)(=O)[O-])N(O)C(N)=[N+]3CCC(O)(O)[C@]23N1. The molecule has 0 radical (unpaired) electrons. The van der Waals surface area contributed by atoms with Crippen LogP contribution in [0.3, 0.4) is 0 Å². The Labute approximate surface area is 146 Å². The normalized spacial score (nSPS) is 32.5. The van der Waals surface area contributed by atoms with E-state index in [-0.39, 0.29) is 24.9 Å². The highest BCUT2D eigenvalue weighted by atomic mass is 32.2. The van der Waals surface area contributed by atoms with E-state index in [9.17, 15) is 33.2 Å². The maximum atomic E-state index is 11.4. The Morgan fingerprint density at radius 3 is 2.81 bits per heavy atom. The number of nitrogens with zero attached hydrogens (tertiary/aromatic N) is 2. The van der Waals surface area contributed by atoms with Gasteiger partial charge in [-0.1, -0.05) is 0 Å². The largest absolute Gasteiger partial charge is 0.731 e. The minimum Gasteiger partial charge on any atom is -0.731 e. The van der Waals surface area contributed by atoms with Crippen molar-refractivity contribution < 1.29 is 47.5 Å². The summed E-state index contributed by atoms with van der Waals surface area (Å²) in [6.45, 7) is -0.603. The van der Waals surface area contributed by atoms with E-state index in [4.69, 9.17) is 11.5 Å². The van der Waals surface area contributed by atoms with Crippen molar-refractivity contribution in [1.29, 1.82) is 0 Å². The maximum absolute atomic E-state index is 11.4. The highest BCUT2D eigenvalue weighted by Crippen LogP contribution is 2.38. The van der Waals surface area contributed by atoms with Gasteiger partial charge in [-0.3, -0.25) is 16.5 Å². The lowest BCUT2D eigenvalue weighted by Crippen LogP contribution is -2.91. The average molecular weight is 396 g/mol. The van der Waals surface area contributed by atoms with Gasteiger partial charge in [-0.15, -0.1) is 5.06 Å². The molecule has 0 aliphatic carbocycles. The minimum atomic E-state index is -5.08. The number of aliphatic hydroxyl groups is 2. The van der Waals surface area contributed by atoms with Gasteiger partial charge < -0.3 is 19.5 Å². The second kappa shape index (κ2) is 5.55. The molecular formula is C10H18N7O8S+. The lowest BCUT2D eigenvalue weighted by atomic mass is 9.87. The number of nitrogens with one attached hydrogen (secondary N) is 3. The summed E-state index contributed by atoms with van der Waals surface area (Å²) in [6, 6.07) is -2.26. The molecule has 0 bridgehead atoms. The lowest BCUT2D eigenvalue weighted by Gasteiger charge is -2.41. The zero-order valence-corrected chi connectivity index (χ0v) is 13.9. The first-order valence-corrected chi connectivity index (χ1v) is 8.70. The standard InChI is InChI=1S/C10H17N7O8S/c11-6-13-5-4(3-25-8(18)15-26(22,23)24)17(21)7(12)16-2-1-9(19,20)10(5,16)14-6/h4-5,12,19-21H,1-3H2,(H5,11,13,14,15,18,22,23,24)/p+1/t4-,5-,10-/m0/s1. The highest BCUT2D eigenvalue weighted by Gasteiger charge is 2.76. The fraction of sp³-hybridized carbons (Fsp3) is 0.700. The van der Waals surface area contributed by atoms with Crippen LogP contribution in [-0.4, -0.2) is 92.7 Å². The Bertz CT molecular complexity index is 810. The summed E-state index contributed by atoms with van der Waals surface area (Å²) in [5.41, 5.74) is 9.90. The van der Waals surface area contributed by atoms with E-state index in [2.05, 4.69) is 15.0 Å². The van der Waals surface area contributed by atoms with Crippen LogP contribution in [0, 0.1) is 0 Å². The van der Waals surface area contributed by atoms with E-state index in [1.807, 2.05) is 0 Å². The molecule has 26 heavy (non-hydrogen) atoms. The van der Waals surface area contributed by atoms with Crippen molar-refractivity contribution in [1.82, 2.24) is 15.1 Å². The molecule has 3 rings (SSSR count). The molecule has 0 saturated carbocycles. The molecule has 1 amide bonds. The van der Waals surface area contributed by atoms with Crippen LogP contribution in [-0.2, 0) is 15.0 Å². The highest BCUT2D eigenvalue weighted by molar-refractivity contribution is 7.84. The van der Waals surface area contributed by atoms with E-state index < -0.39 is 46.5 Å². The summed E-state index contributed by atoms with van der Waals surface area (Å²) >= 11 is 0. The average Bonchev–Trinajstić information content (AvgIpc) is 2.96. The van der Waals surface area contributed by atoms with Gasteiger partial charge in [-0.05, 0) is 0 Å². The Hall–Kier alpha value is -2.40. The molecule has 3 atom stereocenters. The molecule has 10 N–H and O–H groups in total. The van der Waals surface area contributed by atoms with E-state index in [1.54, 1.807) is 0 Å². The van der Waals surface area contributed by atoms with Crippen molar-refractivity contribution in [2.45, 2.75) is 30.0 Å². The molecule has 15 nitrogen and oxygen atoms in total. The van der Waals surface area contributed by atoms with Crippen molar-refractivity contribution in [2.75, 3.05) is 13.2 Å². The number of hydrogen-bond donors (Lipinski definition) is 8. The van der Waals surface area contributed by atoms with Gasteiger partial charge in [0, 0.05) is 6.42 Å². The van der Waals surface area contributed by atoms with Gasteiger partial charge >= 0.3 is 18.0 Å². The maximum Gasteiger partial charge on any atom is 0.420 e. The van der Waals surface area contributed by atoms with Gasteiger partial charge in [0.15, 0.2) is 22.4 Å². The van der Waals surface area contributed by atoms with Crippen LogP contribution in [0.5, 0.6) is 0 Å². The Morgan fingerprint density at radius 2 is 2.19 bits per heavy atom. The van der Waals surface area contributed by atoms with E-state index >= 15 is 0 Å². The van der Waals surface area contributed by atoms with Gasteiger partial charge in [0.2, 0.25) is 5.79 Å². The van der Waals surface area contributed by atoms with Crippen molar-refractivity contribution in [3.8, 4) is 0 Å². The molecule has 1 fully saturated rings. The second-order valence-electron chi connectivity index (χ2n) is 6.07. The smallest absolute Gasteiger partial charge is 0.420 e. The van der Waals surface area contributed by atoms with Gasteiger partial charge in [0.1, 0.15) is 6.61 Å². The molecule has 0 unspecified atom stereocenters. The molecule has 0 aromatic heterocycles. The first-order valence-electron chi connectivity index (χ1n) is 7.29. The van der Waals surface area contributed by atoms with Crippen molar-refractivity contribution in [3.63, 3.8) is 0 Å². The first-order chi connectivity index (χ1) is 11.9. The number of ether oxygens (including phenoxy) is 1. The van der Waals surface area contributed by atoms with Gasteiger partial charge in [0.25, 0.3) is 5.66 Å². The zero-order chi connectivity index (χ0) is 19.5. The quantitative estimate of drug-likeness (QED) is 0.126. The number of guanidine groups is 2. The molecule has 3 aliphatic heterocycles. The lowest BCUT2D eigenvalue weighted by molar-refractivity contribution is -0.684. The van der Waals surface area contributed by atoms with Crippen LogP contribution < -0.4 is 26.5 Å². The van der Waals surface area contributed by atoms with E-state index in [0.29, 0.717) is 5.06 Å². The van der Waals surface area contributed by atoms with Crippen LogP contribution in [0.25, 0.3) is 0 Å². The zero-order valence-electron chi connectivity index (χ0n) is 13.1. The number of hydroxylamine groups is 2. The fourth-order valence-corrected chi connectivity index (χ4v) is 3.85. The monoisotopic (exact) mass is 396 g/mol. The van der Waals surface area contributed by atoms with Crippen molar-refractivity contribution >= 4 is 28.3 Å². The van der Waals surface area contributed by atoms with Crippen molar-refractivity contribution in [2.24, 2.45) is 11.5 Å². The van der Waals surface area contributed by atoms with E-state index in [1.165, 1.54) is 4.58 Å². The Balaban J connectivity index is 1.92. The number of hydrogen-bond acceptors (Lipinski definition) is 12. The predicted octanol–water partition coefficient (Wildman–Crippen LogP) is -7.28. The summed E-state index contributed by atoms with van der Waals surface area (Å²) in [5, 5.41) is 34.4. The van der Waals surface area contributed by atoms with Crippen LogP contribution in [0.15, 0.2) is 0 Å². The Kier molecular flexibility index (Phi) is 3.92. The minimum absolute atomic E-state index is 0.0472. The van der Waals surface area contributed by atoms with Gasteiger partial charge in [-0.25, -0.2) is 33.0 Å². The molecule has 1 saturated heterocycles. The molecule has 0 aromatic rings. The summed E-state index contributed by atoms with van der Waals surface area (Å²) in [4.78, 5) is 14.1. The summed E-state index contributed by atoms with van der Waals surface area (Å²) in [5.74, 6) is -2.65. The third-order valence-corrected chi connectivity index (χ3v) is 5.03. The van der Waals surface area contributed by atoms with Crippen LogP contribution >= 0.6 is 0 Å². The summed E-state index contributed by atoms with van der Waals surface area (Å²) in [7, 11) is -5.08. The molecule has 16 heteroatoms. The number of rotatable bonds is 3. The molecule has 1 spiro atoms. The molecule has 146 valence electrons. The predicted molar refractivity (Wildman–Crippen MR) is 77.5 cm³/mol. The first kappa shape index (κ1) is 18.4. The number of carbonyl (C=O) groups is 1. The van der Waals surface area contributed by atoms with Crippen LogP contribution in [0.4, 0.5) is 4.79 Å². The summed E-state index contributed by atoms with van der Waals surface area (Å²) in [6.07, 6.45) is -1.71. The third kappa shape index (κ3) is 2.58. The van der Waals surface area contributed by atoms with E-state index in [0.717, 1.165) is 4.72 Å². The molecular weight excluding hydrogens is 378 g/mol. The Morgan fingerprint density at radius 1 is 1.54 bits per heavy atom. The van der Waals surface area contributed by atoms with Gasteiger partial charge in [0.05, 0.1) is 6.54 Å². The second-order valence-corrected chi connectivity index (χ2v) is 7.18. The molecule has 3 aliphatic rings. The number of carbonyl (C=O) groups excluding carboxylic acids is 1. The summed E-state index contributed by atoms with van der Waals surface area (Å²) < 4.78 is 38.5. The molecule has 0 aromatic carbocycles. The number of amides is 1. The topological polar surface area (TPSA) is 241 Å². The van der Waals surface area contributed by atoms with Gasteiger partial charge in [-0.2, -0.15) is 0 Å². The van der Waals surface area contributed by atoms with Crippen molar-refractivity contribution in [3.05, 3.63) is 0 Å². The van der Waals surface area contributed by atoms with Crippen LogP contribution in [0.1, 0.15) is 6.42 Å². The molecule has 3 heterocycles. The number of nitrogens with two attached hydrogens (primary N) is 2.